The number of rotatable bonds is 4. The number of aryl methyl sites for hydroxylation is 1. The maximum Gasteiger partial charge on any atom is 0.306 e. The van der Waals surface area contributed by atoms with Gasteiger partial charge in [-0.15, -0.1) is 0 Å². The number of carboxylic acid groups (broad SMARTS) is 1. The smallest absolute Gasteiger partial charge is 0.306 e. The maximum absolute atomic E-state index is 10.2. The normalized spacial score (nSPS) is 9.79. The summed E-state index contributed by atoms with van der Waals surface area (Å²) in [5, 5.41) is 8.40. The number of nitrogens with two attached hydrogens (primary N) is 1. The van der Waals surface area contributed by atoms with Crippen LogP contribution >= 0.6 is 0 Å². The number of anilines is 1. The van der Waals surface area contributed by atoms with E-state index in [-0.39, 0.29) is 13.0 Å². The molecule has 0 aliphatic rings. The first-order chi connectivity index (χ1) is 6.59. The average molecular weight is 195 g/mol. The molecule has 3 N–H and O–H groups in total. The standard InChI is InChI=1S/C10H13NO3/c1-7-2-3-8(11)9(6-7)14-5-4-10(12)13/h2-3,6H,4-5,11H2,1H3,(H,12,13). The van der Waals surface area contributed by atoms with Crippen molar-refractivity contribution < 1.29 is 14.6 Å². The zero-order chi connectivity index (χ0) is 10.6. The first-order valence-corrected chi connectivity index (χ1v) is 4.30. The highest BCUT2D eigenvalue weighted by atomic mass is 16.5. The SMILES string of the molecule is Cc1ccc(N)c(OCCC(=O)O)c1. The number of ether oxygens (including phenoxy) is 1. The Morgan fingerprint density at radius 3 is 2.93 bits per heavy atom. The molecule has 0 saturated carbocycles. The minimum absolute atomic E-state index is 0.0205. The van der Waals surface area contributed by atoms with E-state index >= 15 is 0 Å². The Labute approximate surface area is 82.3 Å². The van der Waals surface area contributed by atoms with E-state index in [1.54, 1.807) is 12.1 Å². The largest absolute Gasteiger partial charge is 0.491 e. The van der Waals surface area contributed by atoms with Crippen molar-refractivity contribution in [2.75, 3.05) is 12.3 Å². The molecule has 0 aliphatic heterocycles. The summed E-state index contributed by atoms with van der Waals surface area (Å²) >= 11 is 0. The van der Waals surface area contributed by atoms with Crippen molar-refractivity contribution in [3.8, 4) is 5.75 Å². The maximum atomic E-state index is 10.2. The van der Waals surface area contributed by atoms with E-state index in [0.29, 0.717) is 11.4 Å². The van der Waals surface area contributed by atoms with Crippen molar-refractivity contribution in [1.82, 2.24) is 0 Å². The van der Waals surface area contributed by atoms with Crippen molar-refractivity contribution in [1.29, 1.82) is 0 Å². The van der Waals surface area contributed by atoms with Gasteiger partial charge in [0.1, 0.15) is 5.75 Å². The summed E-state index contributed by atoms with van der Waals surface area (Å²) in [6.45, 7) is 2.06. The predicted molar refractivity (Wildman–Crippen MR) is 53.3 cm³/mol. The highest BCUT2D eigenvalue weighted by Crippen LogP contribution is 2.22. The van der Waals surface area contributed by atoms with Crippen molar-refractivity contribution >= 4 is 11.7 Å². The van der Waals surface area contributed by atoms with Gasteiger partial charge in [-0.1, -0.05) is 6.07 Å². The zero-order valence-corrected chi connectivity index (χ0v) is 7.99. The molecule has 1 aromatic carbocycles. The molecule has 1 aromatic rings. The van der Waals surface area contributed by atoms with E-state index in [4.69, 9.17) is 15.6 Å². The lowest BCUT2D eigenvalue weighted by Gasteiger charge is -2.08. The van der Waals surface area contributed by atoms with Crippen LogP contribution in [0.25, 0.3) is 0 Å². The van der Waals surface area contributed by atoms with Gasteiger partial charge in [0, 0.05) is 0 Å². The van der Waals surface area contributed by atoms with Gasteiger partial charge in [-0.2, -0.15) is 0 Å². The Bertz CT molecular complexity index is 336. The first kappa shape index (κ1) is 10.4. The van der Waals surface area contributed by atoms with Crippen LogP contribution in [-0.2, 0) is 4.79 Å². The molecule has 0 atom stereocenters. The Hall–Kier alpha value is -1.71. The van der Waals surface area contributed by atoms with Crippen LogP contribution in [0, 0.1) is 6.92 Å². The highest BCUT2D eigenvalue weighted by molar-refractivity contribution is 5.66. The second kappa shape index (κ2) is 4.50. The van der Waals surface area contributed by atoms with Crippen LogP contribution in [0.5, 0.6) is 5.75 Å². The van der Waals surface area contributed by atoms with Crippen molar-refractivity contribution in [3.05, 3.63) is 23.8 Å². The molecule has 0 aromatic heterocycles. The Balaban J connectivity index is 2.57. The topological polar surface area (TPSA) is 72.5 Å². The minimum Gasteiger partial charge on any atom is -0.491 e. The van der Waals surface area contributed by atoms with Gasteiger partial charge in [-0.25, -0.2) is 0 Å². The molecule has 0 saturated heterocycles. The van der Waals surface area contributed by atoms with Gasteiger partial charge in [0.15, 0.2) is 0 Å². The molecule has 76 valence electrons. The van der Waals surface area contributed by atoms with Crippen molar-refractivity contribution in [2.24, 2.45) is 0 Å². The number of nitrogen functional groups attached to an aromatic ring is 1. The van der Waals surface area contributed by atoms with E-state index in [9.17, 15) is 4.79 Å². The Kier molecular flexibility index (Phi) is 3.34. The van der Waals surface area contributed by atoms with Crippen LogP contribution in [0.1, 0.15) is 12.0 Å². The molecule has 0 bridgehead atoms. The lowest BCUT2D eigenvalue weighted by molar-refractivity contribution is -0.137. The van der Waals surface area contributed by atoms with Crippen LogP contribution in [0.3, 0.4) is 0 Å². The quantitative estimate of drug-likeness (QED) is 0.713. The summed E-state index contributed by atoms with van der Waals surface area (Å²) in [5.41, 5.74) is 7.19. The van der Waals surface area contributed by atoms with Gasteiger partial charge in [0.25, 0.3) is 0 Å². The average Bonchev–Trinajstić information content (AvgIpc) is 2.10. The molecule has 0 radical (unpaired) electrons. The summed E-state index contributed by atoms with van der Waals surface area (Å²) in [6.07, 6.45) is -0.0205. The third-order valence-electron chi connectivity index (χ3n) is 1.74. The molecule has 0 heterocycles. The van der Waals surface area contributed by atoms with Gasteiger partial charge < -0.3 is 15.6 Å². The molecule has 0 unspecified atom stereocenters. The lowest BCUT2D eigenvalue weighted by Crippen LogP contribution is -2.06. The van der Waals surface area contributed by atoms with Gasteiger partial charge in [-0.3, -0.25) is 4.79 Å². The number of carbonyl (C=O) groups is 1. The number of hydrogen-bond acceptors (Lipinski definition) is 3. The van der Waals surface area contributed by atoms with Gasteiger partial charge in [0.05, 0.1) is 18.7 Å². The lowest BCUT2D eigenvalue weighted by atomic mass is 10.2. The Morgan fingerprint density at radius 2 is 2.29 bits per heavy atom. The third-order valence-corrected chi connectivity index (χ3v) is 1.74. The number of benzene rings is 1. The minimum atomic E-state index is -0.878. The second-order valence-electron chi connectivity index (χ2n) is 3.03. The molecule has 4 heteroatoms. The van der Waals surface area contributed by atoms with Crippen LogP contribution in [0.15, 0.2) is 18.2 Å². The monoisotopic (exact) mass is 195 g/mol. The van der Waals surface area contributed by atoms with Crippen LogP contribution < -0.4 is 10.5 Å². The summed E-state index contributed by atoms with van der Waals surface area (Å²) in [7, 11) is 0. The van der Waals surface area contributed by atoms with Crippen molar-refractivity contribution in [3.63, 3.8) is 0 Å². The first-order valence-electron chi connectivity index (χ1n) is 4.30. The molecule has 0 spiro atoms. The van der Waals surface area contributed by atoms with Crippen LogP contribution in [0.4, 0.5) is 5.69 Å². The van der Waals surface area contributed by atoms with E-state index in [2.05, 4.69) is 0 Å². The summed E-state index contributed by atoms with van der Waals surface area (Å²) in [5.74, 6) is -0.331. The number of hydrogen-bond donors (Lipinski definition) is 2. The molecule has 14 heavy (non-hydrogen) atoms. The summed E-state index contributed by atoms with van der Waals surface area (Å²) in [4.78, 5) is 10.2. The van der Waals surface area contributed by atoms with E-state index in [1.807, 2.05) is 13.0 Å². The fourth-order valence-corrected chi connectivity index (χ4v) is 1.01. The second-order valence-corrected chi connectivity index (χ2v) is 3.03. The third kappa shape index (κ3) is 2.97. The molecule has 0 fully saturated rings. The van der Waals surface area contributed by atoms with Crippen LogP contribution in [-0.4, -0.2) is 17.7 Å². The Morgan fingerprint density at radius 1 is 1.57 bits per heavy atom. The molecule has 4 nitrogen and oxygen atoms in total. The molecule has 0 aliphatic carbocycles. The summed E-state index contributed by atoms with van der Waals surface area (Å²) < 4.78 is 5.22. The fraction of sp³-hybridized carbons (Fsp3) is 0.300. The number of aliphatic carboxylic acids is 1. The van der Waals surface area contributed by atoms with E-state index in [1.165, 1.54) is 0 Å². The molecule has 1 rings (SSSR count). The number of carboxylic acids is 1. The van der Waals surface area contributed by atoms with E-state index in [0.717, 1.165) is 5.56 Å². The van der Waals surface area contributed by atoms with Crippen molar-refractivity contribution in [2.45, 2.75) is 13.3 Å². The molecular weight excluding hydrogens is 182 g/mol. The fourth-order valence-electron chi connectivity index (χ4n) is 1.01. The van der Waals surface area contributed by atoms with Gasteiger partial charge >= 0.3 is 5.97 Å². The molecule has 0 amide bonds. The highest BCUT2D eigenvalue weighted by Gasteiger charge is 2.02. The van der Waals surface area contributed by atoms with Gasteiger partial charge in [0.2, 0.25) is 0 Å². The molecular formula is C10H13NO3. The zero-order valence-electron chi connectivity index (χ0n) is 7.99. The summed E-state index contributed by atoms with van der Waals surface area (Å²) in [6, 6.07) is 5.40. The van der Waals surface area contributed by atoms with E-state index < -0.39 is 5.97 Å². The van der Waals surface area contributed by atoms with Gasteiger partial charge in [-0.05, 0) is 24.6 Å². The predicted octanol–water partition coefficient (Wildman–Crippen LogP) is 1.43. The van der Waals surface area contributed by atoms with Crippen LogP contribution in [0.2, 0.25) is 0 Å².